The monoisotopic (exact) mass is 218 g/mol. The number of rotatable bonds is 2. The van der Waals surface area contributed by atoms with Crippen LogP contribution < -0.4 is 5.56 Å². The van der Waals surface area contributed by atoms with E-state index in [1.165, 1.54) is 0 Å². The number of hydrogen-bond acceptors (Lipinski definition) is 3. The summed E-state index contributed by atoms with van der Waals surface area (Å²) in [4.78, 5) is 22.9. The van der Waals surface area contributed by atoms with E-state index in [1.807, 2.05) is 20.8 Å². The van der Waals surface area contributed by atoms with Crippen LogP contribution in [0.15, 0.2) is 23.5 Å². The van der Waals surface area contributed by atoms with Crippen molar-refractivity contribution in [2.24, 2.45) is 0 Å². The van der Waals surface area contributed by atoms with Crippen molar-refractivity contribution in [3.8, 4) is 5.95 Å². The minimum absolute atomic E-state index is 0.0776. The third kappa shape index (κ3) is 1.76. The van der Waals surface area contributed by atoms with Crippen molar-refractivity contribution >= 4 is 0 Å². The maximum atomic E-state index is 11.9. The Bertz CT molecular complexity index is 540. The first-order valence-electron chi connectivity index (χ1n) is 5.18. The number of imidazole rings is 1. The van der Waals surface area contributed by atoms with Crippen LogP contribution in [0.1, 0.15) is 31.0 Å². The Hall–Kier alpha value is -1.91. The number of H-pyrrole nitrogens is 1. The lowest BCUT2D eigenvalue weighted by Gasteiger charge is -2.09. The van der Waals surface area contributed by atoms with Crippen LogP contribution in [0, 0.1) is 6.92 Å². The van der Waals surface area contributed by atoms with E-state index < -0.39 is 0 Å². The van der Waals surface area contributed by atoms with Gasteiger partial charge < -0.3 is 0 Å². The van der Waals surface area contributed by atoms with Crippen LogP contribution in [0.3, 0.4) is 0 Å². The Morgan fingerprint density at radius 2 is 2.19 bits per heavy atom. The summed E-state index contributed by atoms with van der Waals surface area (Å²) in [5.41, 5.74) is 1.43. The summed E-state index contributed by atoms with van der Waals surface area (Å²) in [7, 11) is 0. The second-order valence-corrected chi connectivity index (χ2v) is 4.01. The van der Waals surface area contributed by atoms with E-state index in [4.69, 9.17) is 0 Å². The molecule has 0 amide bonds. The van der Waals surface area contributed by atoms with Gasteiger partial charge in [0.2, 0.25) is 5.95 Å². The number of nitrogens with zero attached hydrogens (tertiary/aromatic N) is 3. The van der Waals surface area contributed by atoms with Crippen LogP contribution in [0.5, 0.6) is 0 Å². The highest BCUT2D eigenvalue weighted by Gasteiger charge is 2.11. The van der Waals surface area contributed by atoms with Crippen LogP contribution in [0.4, 0.5) is 0 Å². The molecule has 0 saturated heterocycles. The predicted molar refractivity (Wildman–Crippen MR) is 60.8 cm³/mol. The summed E-state index contributed by atoms with van der Waals surface area (Å²) in [6, 6.07) is 0. The number of aromatic amines is 1. The molecule has 0 saturated carbocycles. The fourth-order valence-electron chi connectivity index (χ4n) is 1.77. The highest BCUT2D eigenvalue weighted by molar-refractivity contribution is 5.24. The van der Waals surface area contributed by atoms with Crippen LogP contribution in [-0.2, 0) is 0 Å². The van der Waals surface area contributed by atoms with E-state index in [0.29, 0.717) is 5.95 Å². The largest absolute Gasteiger partial charge is 0.292 e. The summed E-state index contributed by atoms with van der Waals surface area (Å²) in [6.45, 7) is 5.82. The molecule has 16 heavy (non-hydrogen) atoms. The molecule has 2 heterocycles. The van der Waals surface area contributed by atoms with Gasteiger partial charge >= 0.3 is 0 Å². The molecule has 1 N–H and O–H groups in total. The molecule has 2 aromatic rings. The molecule has 84 valence electrons. The molecule has 2 rings (SSSR count). The van der Waals surface area contributed by atoms with E-state index in [2.05, 4.69) is 15.0 Å². The van der Waals surface area contributed by atoms with Gasteiger partial charge in [-0.25, -0.2) is 9.97 Å². The van der Waals surface area contributed by atoms with Crippen LogP contribution in [0.25, 0.3) is 5.95 Å². The second-order valence-electron chi connectivity index (χ2n) is 4.01. The molecule has 0 spiro atoms. The number of aryl methyl sites for hydroxylation is 1. The van der Waals surface area contributed by atoms with Crippen LogP contribution in [0.2, 0.25) is 0 Å². The van der Waals surface area contributed by atoms with Gasteiger partial charge in [0.25, 0.3) is 5.56 Å². The minimum atomic E-state index is -0.0776. The summed E-state index contributed by atoms with van der Waals surface area (Å²) in [6.07, 6.45) is 4.99. The normalized spacial score (nSPS) is 11.0. The molecule has 0 radical (unpaired) electrons. The summed E-state index contributed by atoms with van der Waals surface area (Å²) >= 11 is 0. The average molecular weight is 218 g/mol. The van der Waals surface area contributed by atoms with E-state index >= 15 is 0 Å². The van der Waals surface area contributed by atoms with Crippen molar-refractivity contribution in [2.75, 3.05) is 0 Å². The highest BCUT2D eigenvalue weighted by atomic mass is 16.1. The smallest absolute Gasteiger partial charge is 0.255 e. The first-order valence-corrected chi connectivity index (χ1v) is 5.18. The van der Waals surface area contributed by atoms with Gasteiger partial charge in [-0.15, -0.1) is 0 Å². The molecule has 0 bridgehead atoms. The summed E-state index contributed by atoms with van der Waals surface area (Å²) in [5.74, 6) is 0.678. The lowest BCUT2D eigenvalue weighted by Crippen LogP contribution is -2.20. The molecule has 5 nitrogen and oxygen atoms in total. The van der Waals surface area contributed by atoms with Gasteiger partial charge in [-0.1, -0.05) is 13.8 Å². The van der Waals surface area contributed by atoms with Crippen molar-refractivity contribution in [2.45, 2.75) is 26.7 Å². The predicted octanol–water partition coefficient (Wildman–Crippen LogP) is 1.39. The molecule has 0 aromatic carbocycles. The lowest BCUT2D eigenvalue weighted by atomic mass is 10.0. The fraction of sp³-hybridized carbons (Fsp3) is 0.364. The molecular weight excluding hydrogens is 204 g/mol. The molecule has 0 fully saturated rings. The Kier molecular flexibility index (Phi) is 2.60. The third-order valence-corrected chi connectivity index (χ3v) is 2.46. The third-order valence-electron chi connectivity index (χ3n) is 2.46. The Morgan fingerprint density at radius 1 is 1.44 bits per heavy atom. The van der Waals surface area contributed by atoms with E-state index in [9.17, 15) is 4.79 Å². The number of hydrogen-bond donors (Lipinski definition) is 1. The molecule has 0 aliphatic rings. The number of nitrogens with one attached hydrogen (secondary N) is 1. The van der Waals surface area contributed by atoms with E-state index in [0.717, 1.165) is 11.3 Å². The molecule has 5 heteroatoms. The fourth-order valence-corrected chi connectivity index (χ4v) is 1.77. The molecule has 0 aliphatic heterocycles. The van der Waals surface area contributed by atoms with Gasteiger partial charge in [0.15, 0.2) is 0 Å². The summed E-state index contributed by atoms with van der Waals surface area (Å²) < 4.78 is 1.68. The number of aromatic nitrogens is 4. The minimum Gasteiger partial charge on any atom is -0.292 e. The first kappa shape index (κ1) is 10.6. The quantitative estimate of drug-likeness (QED) is 0.828. The van der Waals surface area contributed by atoms with E-state index in [-0.39, 0.29) is 11.5 Å². The van der Waals surface area contributed by atoms with Crippen molar-refractivity contribution < 1.29 is 0 Å². The van der Waals surface area contributed by atoms with Gasteiger partial charge in [0.1, 0.15) is 6.33 Å². The molecule has 0 unspecified atom stereocenters. The van der Waals surface area contributed by atoms with Crippen molar-refractivity contribution in [3.63, 3.8) is 0 Å². The highest BCUT2D eigenvalue weighted by Crippen LogP contribution is 2.12. The first-order chi connectivity index (χ1) is 7.59. The van der Waals surface area contributed by atoms with Crippen molar-refractivity contribution in [3.05, 3.63) is 40.3 Å². The summed E-state index contributed by atoms with van der Waals surface area (Å²) in [5, 5.41) is 0. The SMILES string of the molecule is Cc1nc(-n2ccnc2)[nH]c(=O)c1C(C)C. The zero-order valence-electron chi connectivity index (χ0n) is 9.56. The second kappa shape index (κ2) is 3.92. The zero-order valence-corrected chi connectivity index (χ0v) is 9.56. The van der Waals surface area contributed by atoms with Gasteiger partial charge in [0.05, 0.1) is 5.69 Å². The molecular formula is C11H14N4O. The molecule has 2 aromatic heterocycles. The molecule has 0 aliphatic carbocycles. The average Bonchev–Trinajstić information content (AvgIpc) is 2.67. The van der Waals surface area contributed by atoms with Crippen LogP contribution in [-0.4, -0.2) is 19.5 Å². The maximum absolute atomic E-state index is 11.9. The standard InChI is InChI=1S/C11H14N4O/c1-7(2)9-8(3)13-11(14-10(9)16)15-5-4-12-6-15/h4-7H,1-3H3,(H,13,14,16). The van der Waals surface area contributed by atoms with Gasteiger partial charge in [0, 0.05) is 18.0 Å². The van der Waals surface area contributed by atoms with Gasteiger partial charge in [-0.05, 0) is 12.8 Å². The van der Waals surface area contributed by atoms with Gasteiger partial charge in [-0.2, -0.15) is 0 Å². The Balaban J connectivity index is 2.58. The molecule has 0 atom stereocenters. The lowest BCUT2D eigenvalue weighted by molar-refractivity contribution is 0.791. The Morgan fingerprint density at radius 3 is 2.69 bits per heavy atom. The van der Waals surface area contributed by atoms with Crippen LogP contribution >= 0.6 is 0 Å². The van der Waals surface area contributed by atoms with Gasteiger partial charge in [-0.3, -0.25) is 14.3 Å². The van der Waals surface area contributed by atoms with E-state index in [1.54, 1.807) is 23.3 Å². The zero-order chi connectivity index (χ0) is 11.7. The maximum Gasteiger partial charge on any atom is 0.255 e. The topological polar surface area (TPSA) is 63.6 Å². The van der Waals surface area contributed by atoms with Crippen molar-refractivity contribution in [1.29, 1.82) is 0 Å². The van der Waals surface area contributed by atoms with Crippen molar-refractivity contribution in [1.82, 2.24) is 19.5 Å². The Labute approximate surface area is 93.2 Å².